The van der Waals surface area contributed by atoms with Gasteiger partial charge in [0, 0.05) is 4.88 Å². The number of carbonyl (C=O) groups excluding carboxylic acids is 2. The maximum Gasteiger partial charge on any atom is 0.341 e. The fraction of sp³-hybridized carbons (Fsp3) is 0.250. The van der Waals surface area contributed by atoms with E-state index in [4.69, 9.17) is 9.47 Å². The standard InChI is InChI=1S/C20H19BrN2O5S/c1-5-28-20(26)16-10(2)11(3)29-19(16)23-18(25)13(9-22)6-12-7-14(21)17(24)15(8-12)27-4/h6-8,24H,5H2,1-4H3,(H,23,25)/b13-6+. The number of hydrogen-bond donors (Lipinski definition) is 2. The number of aromatic hydroxyl groups is 1. The summed E-state index contributed by atoms with van der Waals surface area (Å²) in [4.78, 5) is 25.8. The molecule has 9 heteroatoms. The Morgan fingerprint density at radius 2 is 2.07 bits per heavy atom. The molecule has 29 heavy (non-hydrogen) atoms. The monoisotopic (exact) mass is 478 g/mol. The zero-order valence-electron chi connectivity index (χ0n) is 16.3. The molecule has 0 aliphatic carbocycles. The number of thiophene rings is 1. The Morgan fingerprint density at radius 3 is 2.66 bits per heavy atom. The van der Waals surface area contributed by atoms with Crippen molar-refractivity contribution >= 4 is 50.2 Å². The normalized spacial score (nSPS) is 11.0. The molecule has 1 aromatic heterocycles. The van der Waals surface area contributed by atoms with E-state index in [2.05, 4.69) is 21.2 Å². The van der Waals surface area contributed by atoms with Crippen molar-refractivity contribution in [1.82, 2.24) is 0 Å². The van der Waals surface area contributed by atoms with Crippen molar-refractivity contribution in [2.45, 2.75) is 20.8 Å². The van der Waals surface area contributed by atoms with Gasteiger partial charge in [-0.05, 0) is 66.0 Å². The number of ether oxygens (including phenoxy) is 2. The highest BCUT2D eigenvalue weighted by Gasteiger charge is 2.23. The van der Waals surface area contributed by atoms with Crippen molar-refractivity contribution in [1.29, 1.82) is 5.26 Å². The van der Waals surface area contributed by atoms with Crippen molar-refractivity contribution in [2.75, 3.05) is 19.0 Å². The molecular formula is C20H19BrN2O5S. The lowest BCUT2D eigenvalue weighted by Crippen LogP contribution is -2.16. The Balaban J connectivity index is 2.38. The number of phenolic OH excluding ortho intramolecular Hbond substituents is 1. The topological polar surface area (TPSA) is 109 Å². The Hall–Kier alpha value is -2.83. The molecule has 0 aliphatic rings. The van der Waals surface area contributed by atoms with Crippen LogP contribution < -0.4 is 10.1 Å². The van der Waals surface area contributed by atoms with E-state index < -0.39 is 11.9 Å². The van der Waals surface area contributed by atoms with Gasteiger partial charge < -0.3 is 19.9 Å². The minimum absolute atomic E-state index is 0.0868. The molecule has 7 nitrogen and oxygen atoms in total. The second-order valence-electron chi connectivity index (χ2n) is 5.89. The molecule has 0 aliphatic heterocycles. The Labute approximate surface area is 180 Å². The van der Waals surface area contributed by atoms with Crippen LogP contribution in [0.3, 0.4) is 0 Å². The van der Waals surface area contributed by atoms with Gasteiger partial charge in [0.1, 0.15) is 16.6 Å². The average molecular weight is 479 g/mol. The smallest absolute Gasteiger partial charge is 0.341 e. The second kappa shape index (κ2) is 9.58. The van der Waals surface area contributed by atoms with E-state index in [0.29, 0.717) is 15.0 Å². The Morgan fingerprint density at radius 1 is 1.38 bits per heavy atom. The average Bonchev–Trinajstić information content (AvgIpc) is 2.95. The van der Waals surface area contributed by atoms with Crippen molar-refractivity contribution in [3.63, 3.8) is 0 Å². The van der Waals surface area contributed by atoms with E-state index in [1.165, 1.54) is 30.6 Å². The Bertz CT molecular complexity index is 1040. The van der Waals surface area contributed by atoms with Gasteiger partial charge in [-0.1, -0.05) is 0 Å². The van der Waals surface area contributed by atoms with Crippen LogP contribution in [0.1, 0.15) is 33.3 Å². The number of halogens is 1. The van der Waals surface area contributed by atoms with Crippen LogP contribution in [0.25, 0.3) is 6.08 Å². The first kappa shape index (κ1) is 22.5. The third kappa shape index (κ3) is 4.96. The molecule has 0 atom stereocenters. The highest BCUT2D eigenvalue weighted by molar-refractivity contribution is 9.10. The number of amides is 1. The van der Waals surface area contributed by atoms with Gasteiger partial charge in [0.05, 0.1) is 23.8 Å². The van der Waals surface area contributed by atoms with Crippen LogP contribution in [-0.2, 0) is 9.53 Å². The number of carbonyl (C=O) groups is 2. The van der Waals surface area contributed by atoms with E-state index in [0.717, 1.165) is 10.4 Å². The molecule has 0 unspecified atom stereocenters. The number of rotatable bonds is 6. The first-order chi connectivity index (χ1) is 13.7. The number of nitrogens with one attached hydrogen (secondary N) is 1. The summed E-state index contributed by atoms with van der Waals surface area (Å²) in [6.45, 7) is 5.52. The van der Waals surface area contributed by atoms with Crippen LogP contribution in [0.4, 0.5) is 5.00 Å². The van der Waals surface area contributed by atoms with Crippen molar-refractivity contribution in [3.05, 3.63) is 43.7 Å². The minimum Gasteiger partial charge on any atom is -0.503 e. The van der Waals surface area contributed by atoms with Crippen molar-refractivity contribution in [3.8, 4) is 17.6 Å². The number of aryl methyl sites for hydroxylation is 1. The number of nitrogens with zero attached hydrogens (tertiary/aromatic N) is 1. The predicted octanol–water partition coefficient (Wildman–Crippen LogP) is 4.56. The summed E-state index contributed by atoms with van der Waals surface area (Å²) in [5.41, 5.74) is 1.30. The Kier molecular flexibility index (Phi) is 7.42. The molecular weight excluding hydrogens is 460 g/mol. The van der Waals surface area contributed by atoms with Crippen molar-refractivity contribution < 1.29 is 24.2 Å². The fourth-order valence-corrected chi connectivity index (χ4v) is 3.99. The first-order valence-corrected chi connectivity index (χ1v) is 10.1. The molecule has 152 valence electrons. The van der Waals surface area contributed by atoms with Crippen molar-refractivity contribution in [2.24, 2.45) is 0 Å². The molecule has 2 rings (SSSR count). The number of phenols is 1. The number of benzene rings is 1. The van der Waals surface area contributed by atoms with Gasteiger partial charge in [0.2, 0.25) is 0 Å². The summed E-state index contributed by atoms with van der Waals surface area (Å²) in [6.07, 6.45) is 1.36. The van der Waals surface area contributed by atoms with E-state index in [-0.39, 0.29) is 29.2 Å². The molecule has 2 N–H and O–H groups in total. The number of hydrogen-bond acceptors (Lipinski definition) is 7. The third-order valence-corrected chi connectivity index (χ3v) is 5.77. The zero-order valence-corrected chi connectivity index (χ0v) is 18.7. The zero-order chi connectivity index (χ0) is 21.7. The van der Waals surface area contributed by atoms with E-state index in [1.807, 2.05) is 13.0 Å². The summed E-state index contributed by atoms with van der Waals surface area (Å²) in [5, 5.41) is 22.3. The molecule has 0 radical (unpaired) electrons. The quantitative estimate of drug-likeness (QED) is 0.357. The minimum atomic E-state index is -0.664. The molecule has 0 fully saturated rings. The van der Waals surface area contributed by atoms with Gasteiger partial charge in [-0.2, -0.15) is 5.26 Å². The molecule has 0 spiro atoms. The van der Waals surface area contributed by atoms with E-state index in [9.17, 15) is 20.0 Å². The van der Waals surface area contributed by atoms with Crippen LogP contribution in [-0.4, -0.2) is 30.7 Å². The fourth-order valence-electron chi connectivity index (χ4n) is 2.48. The van der Waals surface area contributed by atoms with Gasteiger partial charge in [-0.25, -0.2) is 4.79 Å². The molecule has 0 bridgehead atoms. The number of nitriles is 1. The summed E-state index contributed by atoms with van der Waals surface area (Å²) < 4.78 is 10.5. The maximum absolute atomic E-state index is 12.7. The van der Waals surface area contributed by atoms with E-state index in [1.54, 1.807) is 19.9 Å². The lowest BCUT2D eigenvalue weighted by molar-refractivity contribution is -0.112. The van der Waals surface area contributed by atoms with Gasteiger partial charge in [0.25, 0.3) is 5.91 Å². The van der Waals surface area contributed by atoms with Crippen LogP contribution in [0.5, 0.6) is 11.5 Å². The first-order valence-electron chi connectivity index (χ1n) is 8.50. The highest BCUT2D eigenvalue weighted by Crippen LogP contribution is 2.36. The van der Waals surface area contributed by atoms with Crippen LogP contribution in [0.2, 0.25) is 0 Å². The van der Waals surface area contributed by atoms with Gasteiger partial charge in [-0.15, -0.1) is 11.3 Å². The third-order valence-electron chi connectivity index (χ3n) is 4.04. The second-order valence-corrected chi connectivity index (χ2v) is 7.96. The largest absolute Gasteiger partial charge is 0.503 e. The van der Waals surface area contributed by atoms with Crippen LogP contribution in [0, 0.1) is 25.2 Å². The van der Waals surface area contributed by atoms with E-state index >= 15 is 0 Å². The summed E-state index contributed by atoms with van der Waals surface area (Å²) in [6, 6.07) is 4.90. The van der Waals surface area contributed by atoms with Crippen LogP contribution >= 0.6 is 27.3 Å². The highest BCUT2D eigenvalue weighted by atomic mass is 79.9. The molecule has 2 aromatic rings. The number of esters is 1. The number of anilines is 1. The SMILES string of the molecule is CCOC(=O)c1c(NC(=O)/C(C#N)=C/c2cc(Br)c(O)c(OC)c2)sc(C)c1C. The molecule has 1 heterocycles. The summed E-state index contributed by atoms with van der Waals surface area (Å²) in [5.74, 6) is -1.09. The number of methoxy groups -OCH3 is 1. The lowest BCUT2D eigenvalue weighted by atomic mass is 10.1. The van der Waals surface area contributed by atoms with Gasteiger partial charge >= 0.3 is 5.97 Å². The molecule has 1 amide bonds. The summed E-state index contributed by atoms with van der Waals surface area (Å²) >= 11 is 4.44. The van der Waals surface area contributed by atoms with Gasteiger partial charge in [0.15, 0.2) is 11.5 Å². The molecule has 0 saturated heterocycles. The lowest BCUT2D eigenvalue weighted by Gasteiger charge is -2.08. The maximum atomic E-state index is 12.7. The van der Waals surface area contributed by atoms with Crippen LogP contribution in [0.15, 0.2) is 22.2 Å². The predicted molar refractivity (Wildman–Crippen MR) is 114 cm³/mol. The summed E-state index contributed by atoms with van der Waals surface area (Å²) in [7, 11) is 1.39. The molecule has 0 saturated carbocycles. The van der Waals surface area contributed by atoms with Gasteiger partial charge in [-0.3, -0.25) is 4.79 Å². The molecule has 1 aromatic carbocycles.